The fraction of sp³-hybridized carbons (Fsp3) is 0.364. The topological polar surface area (TPSA) is 52.6 Å². The number of hydrogen-bond donors (Lipinski definition) is 2. The Morgan fingerprint density at radius 3 is 2.75 bits per heavy atom. The Balaban J connectivity index is 2.24. The highest BCUT2D eigenvalue weighted by Gasteiger charge is 2.28. The summed E-state index contributed by atoms with van der Waals surface area (Å²) in [4.78, 5) is 13.4. The van der Waals surface area contributed by atoms with E-state index >= 15 is 0 Å². The van der Waals surface area contributed by atoms with Gasteiger partial charge in [-0.15, -0.1) is 0 Å². The summed E-state index contributed by atoms with van der Waals surface area (Å²) in [6, 6.07) is 6.75. The molecule has 1 aromatic rings. The molecule has 1 saturated heterocycles. The number of halogens is 1. The molecule has 0 radical (unpaired) electrons. The van der Waals surface area contributed by atoms with Crippen molar-refractivity contribution in [2.24, 2.45) is 0 Å². The van der Waals surface area contributed by atoms with Crippen molar-refractivity contribution in [3.05, 3.63) is 29.3 Å². The maximum absolute atomic E-state index is 11.5. The molecule has 4 nitrogen and oxygen atoms in total. The van der Waals surface area contributed by atoms with Crippen LogP contribution in [0.4, 0.5) is 5.69 Å². The second-order valence-corrected chi connectivity index (χ2v) is 4.10. The number of anilines is 1. The molecular weight excluding hydrogens is 228 g/mol. The van der Waals surface area contributed by atoms with Crippen LogP contribution in [-0.2, 0) is 4.79 Å². The maximum atomic E-state index is 11.5. The second kappa shape index (κ2) is 4.72. The van der Waals surface area contributed by atoms with Gasteiger partial charge in [0.1, 0.15) is 6.04 Å². The monoisotopic (exact) mass is 240 g/mol. The van der Waals surface area contributed by atoms with Crippen molar-refractivity contribution in [3.63, 3.8) is 0 Å². The van der Waals surface area contributed by atoms with Gasteiger partial charge in [0, 0.05) is 23.8 Å². The molecule has 2 N–H and O–H groups in total. The van der Waals surface area contributed by atoms with Gasteiger partial charge in [-0.3, -0.25) is 4.79 Å². The lowest BCUT2D eigenvalue weighted by molar-refractivity contribution is -0.124. The Morgan fingerprint density at radius 1 is 1.44 bits per heavy atom. The summed E-state index contributed by atoms with van der Waals surface area (Å²) < 4.78 is 0. The molecule has 1 aliphatic rings. The minimum atomic E-state index is -0.505. The number of carbonyl (C=O) groups excluding carboxylic acids is 1. The van der Waals surface area contributed by atoms with E-state index in [1.54, 1.807) is 12.1 Å². The summed E-state index contributed by atoms with van der Waals surface area (Å²) in [5, 5.41) is 12.6. The van der Waals surface area contributed by atoms with Gasteiger partial charge in [0.15, 0.2) is 0 Å². The molecule has 5 heteroatoms. The van der Waals surface area contributed by atoms with Crippen LogP contribution in [0.5, 0.6) is 0 Å². The Bertz CT molecular complexity index is 380. The number of hydrogen-bond acceptors (Lipinski definition) is 3. The van der Waals surface area contributed by atoms with Gasteiger partial charge in [-0.2, -0.15) is 0 Å². The third-order valence-electron chi connectivity index (χ3n) is 2.66. The molecule has 1 atom stereocenters. The van der Waals surface area contributed by atoms with Crippen LogP contribution in [0, 0.1) is 0 Å². The van der Waals surface area contributed by atoms with Gasteiger partial charge in [-0.25, -0.2) is 0 Å². The van der Waals surface area contributed by atoms with E-state index in [4.69, 9.17) is 11.6 Å². The van der Waals surface area contributed by atoms with Gasteiger partial charge in [0.05, 0.1) is 6.61 Å². The number of piperazine rings is 1. The van der Waals surface area contributed by atoms with E-state index in [2.05, 4.69) is 5.32 Å². The zero-order valence-electron chi connectivity index (χ0n) is 8.69. The zero-order chi connectivity index (χ0) is 11.5. The van der Waals surface area contributed by atoms with E-state index in [1.165, 1.54) is 0 Å². The Morgan fingerprint density at radius 2 is 2.12 bits per heavy atom. The average molecular weight is 241 g/mol. The Kier molecular flexibility index (Phi) is 3.31. The smallest absolute Gasteiger partial charge is 0.245 e. The maximum Gasteiger partial charge on any atom is 0.245 e. The number of carbonyl (C=O) groups is 1. The first-order chi connectivity index (χ1) is 7.72. The average Bonchev–Trinajstić information content (AvgIpc) is 2.30. The minimum absolute atomic E-state index is 0.135. The lowest BCUT2D eigenvalue weighted by Gasteiger charge is -2.35. The van der Waals surface area contributed by atoms with Crippen molar-refractivity contribution in [3.8, 4) is 0 Å². The molecule has 0 aliphatic carbocycles. The molecule has 1 aliphatic heterocycles. The molecular formula is C11H13ClN2O2. The summed E-state index contributed by atoms with van der Waals surface area (Å²) in [7, 11) is 0. The Hall–Kier alpha value is -1.26. The fourth-order valence-electron chi connectivity index (χ4n) is 1.84. The van der Waals surface area contributed by atoms with E-state index in [1.807, 2.05) is 17.0 Å². The van der Waals surface area contributed by atoms with Gasteiger partial charge in [-0.05, 0) is 24.3 Å². The molecule has 1 heterocycles. The van der Waals surface area contributed by atoms with Gasteiger partial charge in [0.2, 0.25) is 5.91 Å². The zero-order valence-corrected chi connectivity index (χ0v) is 9.44. The predicted molar refractivity (Wildman–Crippen MR) is 62.7 cm³/mol. The van der Waals surface area contributed by atoms with Crippen LogP contribution in [-0.4, -0.2) is 36.8 Å². The lowest BCUT2D eigenvalue weighted by Crippen LogP contribution is -2.57. The number of aliphatic hydroxyl groups is 1. The van der Waals surface area contributed by atoms with E-state index in [9.17, 15) is 9.90 Å². The van der Waals surface area contributed by atoms with Gasteiger partial charge >= 0.3 is 0 Å². The number of nitrogens with one attached hydrogen (secondary N) is 1. The van der Waals surface area contributed by atoms with Crippen molar-refractivity contribution >= 4 is 23.2 Å². The first kappa shape index (κ1) is 11.2. The number of nitrogens with zero attached hydrogens (tertiary/aromatic N) is 1. The summed E-state index contributed by atoms with van der Waals surface area (Å²) in [6.45, 7) is 1.10. The molecule has 2 rings (SSSR count). The first-order valence-electron chi connectivity index (χ1n) is 5.13. The van der Waals surface area contributed by atoms with Crippen LogP contribution in [0.25, 0.3) is 0 Å². The number of rotatable bonds is 2. The predicted octanol–water partition coefficient (Wildman–Crippen LogP) is 0.637. The molecule has 0 bridgehead atoms. The molecule has 1 amide bonds. The molecule has 0 aromatic heterocycles. The largest absolute Gasteiger partial charge is 0.394 e. The lowest BCUT2D eigenvalue weighted by atomic mass is 10.1. The summed E-state index contributed by atoms with van der Waals surface area (Å²) in [6.07, 6.45) is 0. The SMILES string of the molecule is O=C1NCCN(c2ccc(Cl)cc2)C1CO. The number of benzene rings is 1. The van der Waals surface area contributed by atoms with Gasteiger partial charge in [0.25, 0.3) is 0 Å². The van der Waals surface area contributed by atoms with Crippen LogP contribution >= 0.6 is 11.6 Å². The van der Waals surface area contributed by atoms with Crippen molar-refractivity contribution in [1.29, 1.82) is 0 Å². The van der Waals surface area contributed by atoms with Crippen molar-refractivity contribution < 1.29 is 9.90 Å². The molecule has 86 valence electrons. The van der Waals surface area contributed by atoms with Gasteiger partial charge in [-0.1, -0.05) is 11.6 Å². The quantitative estimate of drug-likeness (QED) is 0.798. The molecule has 16 heavy (non-hydrogen) atoms. The standard InChI is InChI=1S/C11H13ClN2O2/c12-8-1-3-9(4-2-8)14-6-5-13-11(16)10(14)7-15/h1-4,10,15H,5-7H2,(H,13,16). The van der Waals surface area contributed by atoms with Crippen molar-refractivity contribution in [1.82, 2.24) is 5.32 Å². The van der Waals surface area contributed by atoms with Crippen LogP contribution < -0.4 is 10.2 Å². The molecule has 0 spiro atoms. The minimum Gasteiger partial charge on any atom is -0.394 e. The van der Waals surface area contributed by atoms with E-state index < -0.39 is 6.04 Å². The molecule has 0 saturated carbocycles. The number of amides is 1. The van der Waals surface area contributed by atoms with Crippen LogP contribution in [0.1, 0.15) is 0 Å². The normalized spacial score (nSPS) is 20.8. The van der Waals surface area contributed by atoms with Crippen molar-refractivity contribution in [2.45, 2.75) is 6.04 Å². The van der Waals surface area contributed by atoms with Crippen molar-refractivity contribution in [2.75, 3.05) is 24.6 Å². The third-order valence-corrected chi connectivity index (χ3v) is 2.91. The first-order valence-corrected chi connectivity index (χ1v) is 5.51. The van der Waals surface area contributed by atoms with Gasteiger partial charge < -0.3 is 15.3 Å². The van der Waals surface area contributed by atoms with Crippen LogP contribution in [0.15, 0.2) is 24.3 Å². The summed E-state index contributed by atoms with van der Waals surface area (Å²) in [5.41, 5.74) is 0.901. The summed E-state index contributed by atoms with van der Waals surface area (Å²) in [5.74, 6) is -0.135. The highest BCUT2D eigenvalue weighted by atomic mass is 35.5. The van der Waals surface area contributed by atoms with E-state index in [0.29, 0.717) is 18.1 Å². The van der Waals surface area contributed by atoms with Crippen LogP contribution in [0.2, 0.25) is 5.02 Å². The summed E-state index contributed by atoms with van der Waals surface area (Å²) >= 11 is 5.80. The van der Waals surface area contributed by atoms with E-state index in [-0.39, 0.29) is 12.5 Å². The van der Waals surface area contributed by atoms with Crippen LogP contribution in [0.3, 0.4) is 0 Å². The third kappa shape index (κ3) is 2.13. The highest BCUT2D eigenvalue weighted by molar-refractivity contribution is 6.30. The fourth-order valence-corrected chi connectivity index (χ4v) is 1.96. The number of aliphatic hydroxyl groups excluding tert-OH is 1. The molecule has 1 aromatic carbocycles. The molecule has 1 unspecified atom stereocenters. The second-order valence-electron chi connectivity index (χ2n) is 3.66. The molecule has 1 fully saturated rings. The van der Waals surface area contributed by atoms with E-state index in [0.717, 1.165) is 5.69 Å². The highest BCUT2D eigenvalue weighted by Crippen LogP contribution is 2.21. The Labute approximate surface area is 98.8 Å².